The normalized spacial score (nSPS) is 21.4. The topological polar surface area (TPSA) is 161 Å². The molecule has 0 fully saturated rings. The van der Waals surface area contributed by atoms with Gasteiger partial charge in [0.05, 0.1) is 0 Å². The molecule has 0 saturated carbocycles. The Kier molecular flexibility index (Phi) is 2.17. The molecule has 0 aliphatic carbocycles. The van der Waals surface area contributed by atoms with Crippen LogP contribution in [0.1, 0.15) is 11.9 Å². The van der Waals surface area contributed by atoms with Crippen molar-refractivity contribution in [2.24, 2.45) is 5.73 Å². The Morgan fingerprint density at radius 1 is 1.23 bits per heavy atom. The van der Waals surface area contributed by atoms with E-state index < -0.39 is 33.1 Å². The summed E-state index contributed by atoms with van der Waals surface area (Å²) in [5.74, 6) is 0. The van der Waals surface area contributed by atoms with Gasteiger partial charge in [0.1, 0.15) is 0 Å². The van der Waals surface area contributed by atoms with E-state index in [-0.39, 0.29) is 0 Å². The Balaban J connectivity index is 6.24. The molecule has 8 nitrogen and oxygen atoms in total. The Bertz CT molecular complexity index is 372. The van der Waals surface area contributed by atoms with Crippen LogP contribution in [0.5, 0.6) is 0 Å². The van der Waals surface area contributed by atoms with Crippen molar-refractivity contribution < 1.29 is 39.3 Å². The predicted octanol–water partition coefficient (Wildman–Crippen LogP) is -1.66. The van der Waals surface area contributed by atoms with E-state index in [4.69, 9.17) is 25.1 Å². The zero-order valence-corrected chi connectivity index (χ0v) is 7.81. The van der Waals surface area contributed by atoms with Gasteiger partial charge in [-0.2, -0.15) is 0 Å². The average Bonchev–Trinajstić information content (AvgIpc) is 1.95. The Labute approximate surface area is 79.3 Å². The quantitative estimate of drug-likeness (QED) is 0.317. The maximum absolute atomic E-state index is 10.9. The fraction of sp³-hybridized carbons (Fsp3) is 1.00. The van der Waals surface area contributed by atoms with Crippen molar-refractivity contribution in [1.82, 2.24) is 0 Å². The lowest BCUT2D eigenvalue weighted by atomic mass is 10.5. The molecule has 0 aliphatic rings. The Hall–Kier alpha value is 0.220. The molecular formula is C3H11NO7P2. The number of hydrogen-bond donors (Lipinski definition) is 6. The van der Waals surface area contributed by atoms with Crippen LogP contribution >= 0.6 is 15.2 Å². The lowest BCUT2D eigenvalue weighted by molar-refractivity contribution is 0.125. The molecular weight excluding hydrogens is 224 g/mol. The second-order valence-electron chi connectivity index (χ2n) is 1.99. The molecule has 0 atom stereocenters. The van der Waals surface area contributed by atoms with Crippen molar-refractivity contribution >= 4 is 15.2 Å². The molecule has 10 heteroatoms. The van der Waals surface area contributed by atoms with Crippen molar-refractivity contribution in [3.05, 3.63) is 0 Å². The fourth-order valence-corrected chi connectivity index (χ4v) is 2.19. The van der Waals surface area contributed by atoms with Gasteiger partial charge < -0.3 is 30.4 Å². The molecule has 0 aromatic heterocycles. The minimum atomic E-state index is -6.13. The lowest BCUT2D eigenvalue weighted by Crippen LogP contribution is -2.31. The van der Waals surface area contributed by atoms with Crippen molar-refractivity contribution in [3.8, 4) is 0 Å². The molecule has 0 aliphatic heterocycles. The zero-order valence-electron chi connectivity index (χ0n) is 10.0. The molecule has 0 amide bonds. The van der Waals surface area contributed by atoms with E-state index >= 15 is 0 Å². The fourth-order valence-electron chi connectivity index (χ4n) is 0.412. The molecule has 0 bridgehead atoms. The second kappa shape index (κ2) is 3.76. The standard InChI is InChI=1S/C3H11NO7P2/c4-2-1-3(5,12(6,7)8)13(9,10)11/h5H,1-2,4H2,(H2,6,7,8)(H2,9,10,11)/i1D2,2D2. The van der Waals surface area contributed by atoms with Gasteiger partial charge in [-0.05, 0) is 6.50 Å². The zero-order chi connectivity index (χ0) is 14.5. The summed E-state index contributed by atoms with van der Waals surface area (Å²) in [7, 11) is -12.3. The Morgan fingerprint density at radius 3 is 1.62 bits per heavy atom. The highest BCUT2D eigenvalue weighted by Gasteiger charge is 2.58. The van der Waals surface area contributed by atoms with E-state index in [1.807, 2.05) is 0 Å². The first-order valence-electron chi connectivity index (χ1n) is 4.62. The number of aliphatic hydroxyl groups is 1. The maximum Gasteiger partial charge on any atom is 0.369 e. The molecule has 80 valence electrons. The lowest BCUT2D eigenvalue weighted by Gasteiger charge is -2.28. The highest BCUT2D eigenvalue weighted by Crippen LogP contribution is 2.68. The third kappa shape index (κ3) is 2.59. The summed E-state index contributed by atoms with van der Waals surface area (Å²) >= 11 is 0. The van der Waals surface area contributed by atoms with Gasteiger partial charge in [0.2, 0.25) is 0 Å². The van der Waals surface area contributed by atoms with Crippen LogP contribution < -0.4 is 5.73 Å². The molecule has 0 unspecified atom stereocenters. The van der Waals surface area contributed by atoms with E-state index in [1.54, 1.807) is 0 Å². The SMILES string of the molecule is [2H]C([2H])(N)C([2H])([2H])C(O)(P(=O)(O)O)P(=O)(O)O. The first-order valence-corrected chi connectivity index (χ1v) is 5.85. The number of rotatable bonds is 4. The molecule has 0 spiro atoms. The van der Waals surface area contributed by atoms with E-state index in [0.29, 0.717) is 0 Å². The van der Waals surface area contributed by atoms with Gasteiger partial charge in [-0.1, -0.05) is 0 Å². The first kappa shape index (κ1) is 7.50. The molecule has 0 rings (SSSR count). The summed E-state index contributed by atoms with van der Waals surface area (Å²) < 4.78 is 49.3. The van der Waals surface area contributed by atoms with Crippen molar-refractivity contribution in [2.75, 3.05) is 6.50 Å². The van der Waals surface area contributed by atoms with Crippen LogP contribution in [0.15, 0.2) is 0 Å². The van der Waals surface area contributed by atoms with Gasteiger partial charge in [-0.15, -0.1) is 0 Å². The van der Waals surface area contributed by atoms with Crippen LogP contribution in [0.2, 0.25) is 0 Å². The summed E-state index contributed by atoms with van der Waals surface area (Å²) in [4.78, 5) is 34.7. The largest absolute Gasteiger partial charge is 0.369 e. The number of hydrogen-bond acceptors (Lipinski definition) is 4. The van der Waals surface area contributed by atoms with Crippen LogP contribution in [0.25, 0.3) is 0 Å². The maximum atomic E-state index is 10.9. The minimum Gasteiger partial charge on any atom is -0.367 e. The summed E-state index contributed by atoms with van der Waals surface area (Å²) in [5, 5.41) is 4.75. The van der Waals surface area contributed by atoms with Crippen LogP contribution in [0, 0.1) is 0 Å². The predicted molar refractivity (Wildman–Crippen MR) is 42.7 cm³/mol. The molecule has 13 heavy (non-hydrogen) atoms. The highest BCUT2D eigenvalue weighted by molar-refractivity contribution is 7.72. The second-order valence-corrected chi connectivity index (χ2v) is 5.82. The summed E-state index contributed by atoms with van der Waals surface area (Å²) in [5.41, 5.74) is 4.60. The third-order valence-corrected chi connectivity index (χ3v) is 4.46. The van der Waals surface area contributed by atoms with E-state index in [2.05, 4.69) is 5.73 Å². The van der Waals surface area contributed by atoms with Crippen LogP contribution in [0.4, 0.5) is 0 Å². The van der Waals surface area contributed by atoms with Crippen molar-refractivity contribution in [3.63, 3.8) is 0 Å². The van der Waals surface area contributed by atoms with E-state index in [0.717, 1.165) is 0 Å². The molecule has 7 N–H and O–H groups in total. The number of nitrogens with two attached hydrogens (primary N) is 1. The Morgan fingerprint density at radius 2 is 1.54 bits per heavy atom. The van der Waals surface area contributed by atoms with Crippen LogP contribution in [0.3, 0.4) is 0 Å². The molecule has 0 aromatic rings. The van der Waals surface area contributed by atoms with Gasteiger partial charge >= 0.3 is 15.2 Å². The van der Waals surface area contributed by atoms with Gasteiger partial charge in [-0.25, -0.2) is 0 Å². The van der Waals surface area contributed by atoms with Gasteiger partial charge in [-0.3, -0.25) is 9.13 Å². The summed E-state index contributed by atoms with van der Waals surface area (Å²) in [6, 6.07) is 0. The first-order chi connectivity index (χ1) is 7.00. The summed E-state index contributed by atoms with van der Waals surface area (Å²) in [6.45, 7) is -3.61. The molecule has 0 saturated heterocycles. The molecule has 0 radical (unpaired) electrons. The third-order valence-electron chi connectivity index (χ3n) is 1.05. The highest BCUT2D eigenvalue weighted by atomic mass is 31.2. The molecule has 0 heterocycles. The molecule has 0 aromatic carbocycles. The van der Waals surface area contributed by atoms with E-state index in [9.17, 15) is 14.2 Å². The van der Waals surface area contributed by atoms with Crippen LogP contribution in [-0.4, -0.2) is 36.3 Å². The van der Waals surface area contributed by atoms with Crippen LogP contribution in [-0.2, 0) is 9.13 Å². The monoisotopic (exact) mass is 239 g/mol. The average molecular weight is 239 g/mol. The smallest absolute Gasteiger partial charge is 0.367 e. The van der Waals surface area contributed by atoms with Crippen molar-refractivity contribution in [2.45, 2.75) is 11.5 Å². The van der Waals surface area contributed by atoms with E-state index in [1.165, 1.54) is 0 Å². The van der Waals surface area contributed by atoms with Gasteiger partial charge in [0.25, 0.3) is 5.08 Å². The van der Waals surface area contributed by atoms with Gasteiger partial charge in [0, 0.05) is 11.9 Å². The summed E-state index contributed by atoms with van der Waals surface area (Å²) in [6.07, 6.45) is -4.10. The van der Waals surface area contributed by atoms with Crippen molar-refractivity contribution in [1.29, 1.82) is 0 Å². The minimum absolute atomic E-state index is 3.61. The van der Waals surface area contributed by atoms with Gasteiger partial charge in [0.15, 0.2) is 0 Å².